The van der Waals surface area contributed by atoms with Crippen molar-refractivity contribution in [3.05, 3.63) is 224 Å². The van der Waals surface area contributed by atoms with Crippen molar-refractivity contribution < 1.29 is 23.3 Å². The smallest absolute Gasteiger partial charge is 0.0645 e. The van der Waals surface area contributed by atoms with Gasteiger partial charge in [-0.1, -0.05) is 182 Å². The van der Waals surface area contributed by atoms with Crippen molar-refractivity contribution in [2.75, 3.05) is 4.90 Å². The van der Waals surface area contributed by atoms with Crippen molar-refractivity contribution in [2.24, 2.45) is 0 Å². The molecule has 0 aromatic heterocycles. The van der Waals surface area contributed by atoms with E-state index in [1.807, 2.05) is 84.9 Å². The molecule has 0 unspecified atom stereocenters. The number of fused-ring (bicyclic) bond motifs is 1. The number of hydrogen-bond donors (Lipinski definition) is 0. The number of benzene rings is 9. The molecule has 0 saturated carbocycles. The lowest BCUT2D eigenvalue weighted by atomic mass is 9.97. The summed E-state index contributed by atoms with van der Waals surface area (Å²) in [6.45, 7) is 0. The lowest BCUT2D eigenvalue weighted by molar-refractivity contribution is 1.28. The molecule has 0 aliphatic heterocycles. The molecule has 0 radical (unpaired) electrons. The van der Waals surface area contributed by atoms with Gasteiger partial charge < -0.3 is 4.90 Å². The number of nitrogens with zero attached hydrogens (tertiary/aromatic N) is 1. The van der Waals surface area contributed by atoms with Gasteiger partial charge in [-0.15, -0.1) is 0 Å². The summed E-state index contributed by atoms with van der Waals surface area (Å²) < 4.78 is 153. The molecule has 0 atom stereocenters. The summed E-state index contributed by atoms with van der Waals surface area (Å²) in [5.74, 6) is 0. The highest BCUT2D eigenvalue weighted by molar-refractivity contribution is 5.97. The topological polar surface area (TPSA) is 3.24 Å². The molecule has 9 aromatic carbocycles. The van der Waals surface area contributed by atoms with E-state index in [0.29, 0.717) is 11.1 Å². The predicted molar refractivity (Wildman–Crippen MR) is 226 cm³/mol. The third-order valence-electron chi connectivity index (χ3n) is 8.76. The van der Waals surface area contributed by atoms with E-state index < -0.39 is 136 Å². The van der Waals surface area contributed by atoms with Crippen molar-refractivity contribution >= 4 is 27.8 Å². The molecule has 1 nitrogen and oxygen atoms in total. The van der Waals surface area contributed by atoms with Gasteiger partial charge in [0.25, 0.3) is 0 Å². The Balaban J connectivity index is 1.30. The SMILES string of the molecule is [2H]c1c([2H])c([2H])c(-c2c([2H])c([2H])c(-c3c([2H])c([2H])c(N(c4cccc(-c5cccc6ccccc56)c4)c4c([2H])c([2H])c(-c5cccc(-c6ccccc6)c5)c([2H])c4[2H])c([2H])c3[2H])c([2H])c2[2H])c([2H])c1[2H]. The van der Waals surface area contributed by atoms with Crippen LogP contribution in [0.1, 0.15) is 23.3 Å². The molecule has 0 amide bonds. The number of anilines is 3. The Hall–Kier alpha value is -6.96. The second-order valence-corrected chi connectivity index (χ2v) is 12.1. The molecular weight excluding hydrogens is 639 g/mol. The Morgan fingerprint density at radius 1 is 0.302 bits per heavy atom. The minimum absolute atomic E-state index is 0.0219. The van der Waals surface area contributed by atoms with Gasteiger partial charge >= 0.3 is 0 Å². The molecule has 53 heavy (non-hydrogen) atoms. The third kappa shape index (κ3) is 6.65. The van der Waals surface area contributed by atoms with E-state index in [0.717, 1.165) is 32.4 Å². The van der Waals surface area contributed by atoms with Crippen LogP contribution < -0.4 is 4.90 Å². The van der Waals surface area contributed by atoms with Crippen molar-refractivity contribution in [3.63, 3.8) is 0 Å². The van der Waals surface area contributed by atoms with Gasteiger partial charge in [-0.3, -0.25) is 0 Å². The molecule has 9 rings (SSSR count). The Morgan fingerprint density at radius 2 is 0.774 bits per heavy atom. The monoisotopic (exact) mass is 692 g/mol. The van der Waals surface area contributed by atoms with Gasteiger partial charge in [-0.2, -0.15) is 0 Å². The Morgan fingerprint density at radius 3 is 1.45 bits per heavy atom. The van der Waals surface area contributed by atoms with E-state index in [4.69, 9.17) is 12.3 Å². The maximum Gasteiger partial charge on any atom is 0.0645 e. The van der Waals surface area contributed by atoms with Crippen molar-refractivity contribution in [3.8, 4) is 55.6 Å². The Labute approximate surface area is 335 Å². The van der Waals surface area contributed by atoms with Crippen LogP contribution in [0, 0.1) is 0 Å². The Kier molecular flexibility index (Phi) is 5.01. The zero-order valence-corrected chi connectivity index (χ0v) is 28.0. The predicted octanol–water partition coefficient (Wildman–Crippen LogP) is 14.6. The first-order chi connectivity index (χ1) is 33.4. The second kappa shape index (κ2) is 14.3. The van der Waals surface area contributed by atoms with Crippen LogP contribution in [0.3, 0.4) is 0 Å². The van der Waals surface area contributed by atoms with Crippen LogP contribution in [-0.2, 0) is 0 Å². The summed E-state index contributed by atoms with van der Waals surface area (Å²) in [5, 5.41) is 1.81. The van der Waals surface area contributed by atoms with Crippen molar-refractivity contribution in [1.29, 1.82) is 0 Å². The fourth-order valence-electron chi connectivity index (χ4n) is 6.19. The minimum Gasteiger partial charge on any atom is -0.310 e. The molecule has 0 aliphatic carbocycles. The summed E-state index contributed by atoms with van der Waals surface area (Å²) in [6.07, 6.45) is 0. The van der Waals surface area contributed by atoms with Gasteiger partial charge in [0.1, 0.15) is 0 Å². The maximum absolute atomic E-state index is 9.58. The van der Waals surface area contributed by atoms with Crippen LogP contribution in [0.15, 0.2) is 224 Å². The molecule has 0 N–H and O–H groups in total. The molecule has 0 heterocycles. The van der Waals surface area contributed by atoms with Gasteiger partial charge in [-0.25, -0.2) is 0 Å². The molecule has 0 bridgehead atoms. The number of rotatable bonds is 8. The van der Waals surface area contributed by atoms with Crippen LogP contribution in [-0.4, -0.2) is 0 Å². The van der Waals surface area contributed by atoms with Crippen molar-refractivity contribution in [2.45, 2.75) is 0 Å². The summed E-state index contributed by atoms with van der Waals surface area (Å²) in [5.41, 5.74) is 0.0620. The molecule has 0 spiro atoms. The van der Waals surface area contributed by atoms with Gasteiger partial charge in [0, 0.05) is 17.1 Å². The van der Waals surface area contributed by atoms with Crippen molar-refractivity contribution in [1.82, 2.24) is 0 Å². The third-order valence-corrected chi connectivity index (χ3v) is 8.76. The van der Waals surface area contributed by atoms with Crippen LogP contribution in [0.2, 0.25) is 0 Å². The lowest BCUT2D eigenvalue weighted by Crippen LogP contribution is -2.10. The van der Waals surface area contributed by atoms with Crippen LogP contribution in [0.4, 0.5) is 17.1 Å². The fraction of sp³-hybridized carbons (Fsp3) is 0. The van der Waals surface area contributed by atoms with Crippen LogP contribution in [0.5, 0.6) is 0 Å². The normalized spacial score (nSPS) is 15.5. The summed E-state index contributed by atoms with van der Waals surface area (Å²) in [4.78, 5) is 1.14. The van der Waals surface area contributed by atoms with E-state index in [1.165, 1.54) is 0 Å². The van der Waals surface area contributed by atoms with E-state index in [9.17, 15) is 11.0 Å². The first-order valence-electron chi connectivity index (χ1n) is 25.3. The first kappa shape index (κ1) is 18.5. The fourth-order valence-corrected chi connectivity index (χ4v) is 6.19. The maximum atomic E-state index is 9.58. The van der Waals surface area contributed by atoms with E-state index in [2.05, 4.69) is 0 Å². The van der Waals surface area contributed by atoms with E-state index in [-0.39, 0.29) is 11.3 Å². The highest BCUT2D eigenvalue weighted by Gasteiger charge is 2.15. The van der Waals surface area contributed by atoms with Crippen LogP contribution >= 0.6 is 0 Å². The zero-order valence-electron chi connectivity index (χ0n) is 45.0. The molecule has 0 saturated heterocycles. The summed E-state index contributed by atoms with van der Waals surface area (Å²) >= 11 is 0. The molecule has 0 fully saturated rings. The molecule has 250 valence electrons. The van der Waals surface area contributed by atoms with Crippen LogP contribution in [0.25, 0.3) is 66.4 Å². The van der Waals surface area contributed by atoms with Gasteiger partial charge in [0.15, 0.2) is 0 Å². The van der Waals surface area contributed by atoms with Gasteiger partial charge in [-0.05, 0) is 109 Å². The average Bonchev–Trinajstić information content (AvgIpc) is 3.37. The largest absolute Gasteiger partial charge is 0.310 e. The van der Waals surface area contributed by atoms with Gasteiger partial charge in [0.05, 0.1) is 23.3 Å². The first-order valence-corrected chi connectivity index (χ1v) is 16.8. The highest BCUT2D eigenvalue weighted by Crippen LogP contribution is 2.40. The molecular formula is C52H37N. The van der Waals surface area contributed by atoms with E-state index in [1.54, 1.807) is 36.4 Å². The summed E-state index contributed by atoms with van der Waals surface area (Å²) in [7, 11) is 0. The lowest BCUT2D eigenvalue weighted by Gasteiger charge is -2.26. The van der Waals surface area contributed by atoms with Gasteiger partial charge in [0.2, 0.25) is 0 Å². The highest BCUT2D eigenvalue weighted by atomic mass is 15.1. The molecule has 1 heteroatoms. The quantitative estimate of drug-likeness (QED) is 0.153. The zero-order chi connectivity index (χ0) is 50.2. The average molecular weight is 693 g/mol. The Bertz CT molecular complexity index is 3530. The molecule has 9 aromatic rings. The summed E-state index contributed by atoms with van der Waals surface area (Å²) in [6, 6.07) is 24.0. The standard InChI is InChI=1S/C52H37N/c1-3-12-38(13-4-1)40-24-26-41(27-25-40)42-28-32-48(33-29-42)53(50-21-10-20-47(37-50)52-23-11-17-44-16-7-8-22-51(44)52)49-34-30-43(31-35-49)46-19-9-18-45(36-46)39-14-5-2-6-15-39/h1-37H/i1D,3D,4D,12D,13D,24D,25D,26D,27D,28D,29D,30D,31D,32D,33D,34D,35D. The van der Waals surface area contributed by atoms with E-state index >= 15 is 0 Å². The minimum atomic E-state index is -0.873. The number of hydrogen-bond acceptors (Lipinski definition) is 1. The molecule has 0 aliphatic rings. The second-order valence-electron chi connectivity index (χ2n) is 12.1.